The van der Waals surface area contributed by atoms with Crippen LogP contribution in [0.3, 0.4) is 0 Å². The van der Waals surface area contributed by atoms with Gasteiger partial charge in [0.05, 0.1) is 12.0 Å². The van der Waals surface area contributed by atoms with E-state index in [0.717, 1.165) is 5.56 Å². The number of benzene rings is 1. The summed E-state index contributed by atoms with van der Waals surface area (Å²) in [7, 11) is -0.632. The monoisotopic (exact) mass is 315 g/mol. The van der Waals surface area contributed by atoms with Crippen LogP contribution in [0.1, 0.15) is 16.7 Å². The van der Waals surface area contributed by atoms with E-state index >= 15 is 0 Å². The number of hydrogen-bond acceptors (Lipinski definition) is 5. The van der Waals surface area contributed by atoms with Crippen molar-refractivity contribution in [2.75, 3.05) is 27.3 Å². The fourth-order valence-electron chi connectivity index (χ4n) is 2.14. The lowest BCUT2D eigenvalue weighted by molar-refractivity contribution is -0.128. The fourth-order valence-corrected chi connectivity index (χ4v) is 3.77. The number of nitrogens with zero attached hydrogens (tertiary/aromatic N) is 1. The third-order valence-corrected chi connectivity index (χ3v) is 5.61. The SMILES string of the molecule is COc1cc(C)c(S(=O)(=O)N(C)CCOC=O)c(C)c1C. The van der Waals surface area contributed by atoms with E-state index in [9.17, 15) is 13.2 Å². The molecule has 1 aromatic rings. The minimum atomic E-state index is -3.65. The summed E-state index contributed by atoms with van der Waals surface area (Å²) in [4.78, 5) is 10.4. The lowest BCUT2D eigenvalue weighted by Crippen LogP contribution is -2.31. The standard InChI is InChI=1S/C14H21NO5S/c1-10-8-13(19-5)11(2)12(3)14(10)21(17,18)15(4)6-7-20-9-16/h8-9H,6-7H2,1-5H3. The van der Waals surface area contributed by atoms with E-state index in [2.05, 4.69) is 4.74 Å². The number of ether oxygens (including phenoxy) is 2. The Hall–Kier alpha value is -1.60. The molecule has 1 aromatic carbocycles. The lowest BCUT2D eigenvalue weighted by Gasteiger charge is -2.21. The van der Waals surface area contributed by atoms with E-state index in [1.165, 1.54) is 11.4 Å². The van der Waals surface area contributed by atoms with Gasteiger partial charge in [0.1, 0.15) is 12.4 Å². The zero-order valence-corrected chi connectivity index (χ0v) is 13.8. The maximum atomic E-state index is 12.7. The molecule has 0 aromatic heterocycles. The van der Waals surface area contributed by atoms with Crippen molar-refractivity contribution in [3.8, 4) is 5.75 Å². The van der Waals surface area contributed by atoms with Crippen molar-refractivity contribution in [1.82, 2.24) is 4.31 Å². The van der Waals surface area contributed by atoms with Gasteiger partial charge in [0.15, 0.2) is 0 Å². The summed E-state index contributed by atoms with van der Waals surface area (Å²) in [5.41, 5.74) is 2.08. The molecule has 0 aliphatic heterocycles. The average molecular weight is 315 g/mol. The number of hydrogen-bond donors (Lipinski definition) is 0. The molecular formula is C14H21NO5S. The van der Waals surface area contributed by atoms with Gasteiger partial charge in [0, 0.05) is 13.6 Å². The topological polar surface area (TPSA) is 72.9 Å². The van der Waals surface area contributed by atoms with E-state index < -0.39 is 10.0 Å². The Morgan fingerprint density at radius 3 is 2.38 bits per heavy atom. The highest BCUT2D eigenvalue weighted by atomic mass is 32.2. The molecule has 0 amide bonds. The summed E-state index contributed by atoms with van der Waals surface area (Å²) in [6.45, 7) is 5.74. The highest BCUT2D eigenvalue weighted by Gasteiger charge is 2.26. The number of carbonyl (C=O) groups is 1. The Morgan fingerprint density at radius 2 is 1.86 bits per heavy atom. The Kier molecular flexibility index (Phi) is 5.74. The molecule has 6 nitrogen and oxygen atoms in total. The van der Waals surface area contributed by atoms with Crippen molar-refractivity contribution >= 4 is 16.5 Å². The van der Waals surface area contributed by atoms with Crippen LogP contribution >= 0.6 is 0 Å². The van der Waals surface area contributed by atoms with Crippen LogP contribution in [0.5, 0.6) is 5.75 Å². The Bertz CT molecular complexity index is 625. The number of rotatable bonds is 7. The van der Waals surface area contributed by atoms with Gasteiger partial charge in [-0.05, 0) is 43.5 Å². The van der Waals surface area contributed by atoms with Crippen LogP contribution in [-0.2, 0) is 19.6 Å². The summed E-state index contributed by atoms with van der Waals surface area (Å²) < 4.78 is 36.3. The largest absolute Gasteiger partial charge is 0.496 e. The van der Waals surface area contributed by atoms with E-state index in [4.69, 9.17) is 4.74 Å². The van der Waals surface area contributed by atoms with Gasteiger partial charge in [-0.1, -0.05) is 0 Å². The van der Waals surface area contributed by atoms with Crippen LogP contribution in [0.15, 0.2) is 11.0 Å². The maximum Gasteiger partial charge on any atom is 0.293 e. The van der Waals surface area contributed by atoms with Crippen LogP contribution in [0.2, 0.25) is 0 Å². The summed E-state index contributed by atoms with van der Waals surface area (Å²) in [5, 5.41) is 0. The van der Waals surface area contributed by atoms with Crippen LogP contribution in [0.25, 0.3) is 0 Å². The summed E-state index contributed by atoms with van der Waals surface area (Å²) in [6, 6.07) is 1.71. The number of methoxy groups -OCH3 is 1. The Labute approximate surface area is 125 Å². The van der Waals surface area contributed by atoms with Gasteiger partial charge in [0.25, 0.3) is 6.47 Å². The predicted molar refractivity (Wildman–Crippen MR) is 79.0 cm³/mol. The van der Waals surface area contributed by atoms with Crippen LogP contribution in [-0.4, -0.2) is 46.5 Å². The summed E-state index contributed by atoms with van der Waals surface area (Å²) >= 11 is 0. The molecule has 0 N–H and O–H groups in total. The molecular weight excluding hydrogens is 294 g/mol. The first kappa shape index (κ1) is 17.5. The number of sulfonamides is 1. The molecule has 0 saturated carbocycles. The predicted octanol–water partition coefficient (Wildman–Crippen LogP) is 1.41. The maximum absolute atomic E-state index is 12.7. The molecule has 21 heavy (non-hydrogen) atoms. The van der Waals surface area contributed by atoms with Crippen molar-refractivity contribution in [1.29, 1.82) is 0 Å². The zero-order chi connectivity index (χ0) is 16.2. The first-order valence-electron chi connectivity index (χ1n) is 6.43. The fraction of sp³-hybridized carbons (Fsp3) is 0.500. The molecule has 0 spiro atoms. The third kappa shape index (κ3) is 3.54. The molecule has 1 rings (SSSR count). The second-order valence-electron chi connectivity index (χ2n) is 4.77. The number of aryl methyl sites for hydroxylation is 1. The Morgan fingerprint density at radius 1 is 1.24 bits per heavy atom. The Balaban J connectivity index is 3.26. The second-order valence-corrected chi connectivity index (χ2v) is 6.75. The van der Waals surface area contributed by atoms with Crippen molar-refractivity contribution < 1.29 is 22.7 Å². The minimum absolute atomic E-state index is 0.0203. The molecule has 0 heterocycles. The highest BCUT2D eigenvalue weighted by Crippen LogP contribution is 2.31. The molecule has 0 atom stereocenters. The second kappa shape index (κ2) is 6.91. The van der Waals surface area contributed by atoms with Crippen molar-refractivity contribution in [2.24, 2.45) is 0 Å². The third-order valence-electron chi connectivity index (χ3n) is 3.46. The lowest BCUT2D eigenvalue weighted by atomic mass is 10.1. The van der Waals surface area contributed by atoms with Gasteiger partial charge in [-0.25, -0.2) is 8.42 Å². The first-order chi connectivity index (χ1) is 9.77. The average Bonchev–Trinajstić information content (AvgIpc) is 2.42. The van der Waals surface area contributed by atoms with Gasteiger partial charge in [0.2, 0.25) is 10.0 Å². The molecule has 0 bridgehead atoms. The van der Waals surface area contributed by atoms with Gasteiger partial charge in [-0.2, -0.15) is 4.31 Å². The van der Waals surface area contributed by atoms with Gasteiger partial charge in [-0.3, -0.25) is 4.79 Å². The number of carbonyl (C=O) groups excluding carboxylic acids is 1. The zero-order valence-electron chi connectivity index (χ0n) is 13.0. The van der Waals surface area contributed by atoms with Crippen LogP contribution in [0, 0.1) is 20.8 Å². The van der Waals surface area contributed by atoms with E-state index in [0.29, 0.717) is 23.3 Å². The van der Waals surface area contributed by atoms with Gasteiger partial charge >= 0.3 is 0 Å². The quantitative estimate of drug-likeness (QED) is 0.562. The van der Waals surface area contributed by atoms with Crippen LogP contribution < -0.4 is 4.74 Å². The summed E-state index contributed by atoms with van der Waals surface area (Å²) in [5.74, 6) is 0.663. The molecule has 0 unspecified atom stereocenters. The molecule has 118 valence electrons. The molecule has 0 aliphatic carbocycles. The molecule has 7 heteroatoms. The van der Waals surface area contributed by atoms with Gasteiger partial charge in [-0.15, -0.1) is 0 Å². The molecule has 0 saturated heterocycles. The minimum Gasteiger partial charge on any atom is -0.496 e. The van der Waals surface area contributed by atoms with Crippen molar-refractivity contribution in [3.63, 3.8) is 0 Å². The van der Waals surface area contributed by atoms with E-state index in [1.807, 2.05) is 6.92 Å². The molecule has 0 fully saturated rings. The normalized spacial score (nSPS) is 11.5. The van der Waals surface area contributed by atoms with Crippen molar-refractivity contribution in [3.05, 3.63) is 22.8 Å². The van der Waals surface area contributed by atoms with E-state index in [-0.39, 0.29) is 18.0 Å². The van der Waals surface area contributed by atoms with Crippen molar-refractivity contribution in [2.45, 2.75) is 25.7 Å². The van der Waals surface area contributed by atoms with Crippen LogP contribution in [0.4, 0.5) is 0 Å². The van der Waals surface area contributed by atoms with E-state index in [1.54, 1.807) is 27.0 Å². The first-order valence-corrected chi connectivity index (χ1v) is 7.87. The van der Waals surface area contributed by atoms with Gasteiger partial charge < -0.3 is 9.47 Å². The molecule has 0 aliphatic rings. The summed E-state index contributed by atoms with van der Waals surface area (Å²) in [6.07, 6.45) is 0. The highest BCUT2D eigenvalue weighted by molar-refractivity contribution is 7.89. The molecule has 0 radical (unpaired) electrons. The smallest absolute Gasteiger partial charge is 0.293 e. The number of likely N-dealkylation sites (N-methyl/N-ethyl adjacent to an activating group) is 1.